The molecular formula is C20H28N2O4. The van der Waals surface area contributed by atoms with Crippen molar-refractivity contribution in [3.05, 3.63) is 29.8 Å². The number of carbonyl (C=O) groups excluding carboxylic acids is 3. The van der Waals surface area contributed by atoms with Crippen molar-refractivity contribution >= 4 is 23.5 Å². The Kier molecular flexibility index (Phi) is 7.18. The van der Waals surface area contributed by atoms with Gasteiger partial charge in [0, 0.05) is 17.9 Å². The molecule has 2 amide bonds. The summed E-state index contributed by atoms with van der Waals surface area (Å²) in [6, 6.07) is 6.97. The van der Waals surface area contributed by atoms with Crippen LogP contribution in [-0.2, 0) is 14.3 Å². The number of hydrogen-bond acceptors (Lipinski definition) is 4. The lowest BCUT2D eigenvalue weighted by molar-refractivity contribution is -0.128. The fourth-order valence-electron chi connectivity index (χ4n) is 3.23. The summed E-state index contributed by atoms with van der Waals surface area (Å²) < 4.78 is 5.03. The molecule has 0 spiro atoms. The summed E-state index contributed by atoms with van der Waals surface area (Å²) in [6.07, 6.45) is 2.75. The minimum absolute atomic E-state index is 0.0201. The van der Waals surface area contributed by atoms with Crippen LogP contribution in [0, 0.1) is 11.8 Å². The second-order valence-corrected chi connectivity index (χ2v) is 6.97. The van der Waals surface area contributed by atoms with Gasteiger partial charge in [-0.25, -0.2) is 4.79 Å². The minimum Gasteiger partial charge on any atom is -0.462 e. The molecule has 0 saturated heterocycles. The Hall–Kier alpha value is -2.37. The highest BCUT2D eigenvalue weighted by Crippen LogP contribution is 2.30. The van der Waals surface area contributed by atoms with E-state index in [0.29, 0.717) is 36.9 Å². The molecule has 0 aromatic heterocycles. The zero-order valence-corrected chi connectivity index (χ0v) is 15.7. The van der Waals surface area contributed by atoms with Crippen molar-refractivity contribution in [1.29, 1.82) is 0 Å². The minimum atomic E-state index is -0.447. The van der Waals surface area contributed by atoms with Crippen LogP contribution in [0.3, 0.4) is 0 Å². The summed E-state index contributed by atoms with van der Waals surface area (Å²) in [5.74, 6) is -0.643. The topological polar surface area (TPSA) is 84.5 Å². The number of benzene rings is 1. The molecule has 0 heterocycles. The van der Waals surface area contributed by atoms with Crippen molar-refractivity contribution < 1.29 is 19.1 Å². The van der Waals surface area contributed by atoms with Crippen molar-refractivity contribution in [3.8, 4) is 0 Å². The SMILES string of the molecule is CCOC(=O)c1ccccc1NC(=O)C1CCC(C(=O)NC(C)C)CC1. The predicted molar refractivity (Wildman–Crippen MR) is 99.8 cm³/mol. The van der Waals surface area contributed by atoms with Gasteiger partial charge in [-0.2, -0.15) is 0 Å². The largest absolute Gasteiger partial charge is 0.462 e. The van der Waals surface area contributed by atoms with Crippen LogP contribution in [0.2, 0.25) is 0 Å². The average Bonchev–Trinajstić information content (AvgIpc) is 2.62. The van der Waals surface area contributed by atoms with E-state index in [2.05, 4.69) is 10.6 Å². The molecule has 1 aromatic rings. The monoisotopic (exact) mass is 360 g/mol. The van der Waals surface area contributed by atoms with Gasteiger partial charge in [0.1, 0.15) is 0 Å². The third kappa shape index (κ3) is 5.31. The number of hydrogen-bond donors (Lipinski definition) is 2. The van der Waals surface area contributed by atoms with E-state index in [0.717, 1.165) is 0 Å². The first-order valence-electron chi connectivity index (χ1n) is 9.29. The molecule has 1 aliphatic rings. The lowest BCUT2D eigenvalue weighted by Crippen LogP contribution is -2.38. The van der Waals surface area contributed by atoms with Gasteiger partial charge in [-0.1, -0.05) is 12.1 Å². The molecule has 142 valence electrons. The lowest BCUT2D eigenvalue weighted by Gasteiger charge is -2.27. The molecule has 6 heteroatoms. The smallest absolute Gasteiger partial charge is 0.340 e. The Balaban J connectivity index is 1.94. The van der Waals surface area contributed by atoms with Crippen LogP contribution < -0.4 is 10.6 Å². The maximum atomic E-state index is 12.6. The first kappa shape index (κ1) is 19.9. The van der Waals surface area contributed by atoms with E-state index in [9.17, 15) is 14.4 Å². The fourth-order valence-corrected chi connectivity index (χ4v) is 3.23. The highest BCUT2D eigenvalue weighted by Gasteiger charge is 2.30. The van der Waals surface area contributed by atoms with Crippen molar-refractivity contribution in [2.75, 3.05) is 11.9 Å². The van der Waals surface area contributed by atoms with E-state index >= 15 is 0 Å². The molecule has 1 fully saturated rings. The Morgan fingerprint density at radius 1 is 1.04 bits per heavy atom. The quantitative estimate of drug-likeness (QED) is 0.763. The number of anilines is 1. The van der Waals surface area contributed by atoms with Crippen LogP contribution in [0.4, 0.5) is 5.69 Å². The van der Waals surface area contributed by atoms with Gasteiger partial charge >= 0.3 is 5.97 Å². The van der Waals surface area contributed by atoms with E-state index in [-0.39, 0.29) is 36.3 Å². The molecule has 2 rings (SSSR count). The number of ether oxygens (including phenoxy) is 1. The van der Waals surface area contributed by atoms with Crippen LogP contribution >= 0.6 is 0 Å². The van der Waals surface area contributed by atoms with Crippen molar-refractivity contribution in [2.45, 2.75) is 52.5 Å². The Bertz CT molecular complexity index is 649. The van der Waals surface area contributed by atoms with E-state index in [1.54, 1.807) is 31.2 Å². The van der Waals surface area contributed by atoms with Gasteiger partial charge in [0.25, 0.3) is 0 Å². The Labute approximate surface area is 154 Å². The van der Waals surface area contributed by atoms with Crippen molar-refractivity contribution in [1.82, 2.24) is 5.32 Å². The first-order valence-corrected chi connectivity index (χ1v) is 9.29. The number of esters is 1. The highest BCUT2D eigenvalue weighted by molar-refractivity contribution is 6.01. The van der Waals surface area contributed by atoms with Gasteiger partial charge in [-0.05, 0) is 58.6 Å². The van der Waals surface area contributed by atoms with Gasteiger partial charge in [-0.3, -0.25) is 9.59 Å². The normalized spacial score (nSPS) is 19.7. The number of carbonyl (C=O) groups is 3. The van der Waals surface area contributed by atoms with Gasteiger partial charge in [0.2, 0.25) is 11.8 Å². The molecule has 0 bridgehead atoms. The average molecular weight is 360 g/mol. The molecule has 0 radical (unpaired) electrons. The van der Waals surface area contributed by atoms with E-state index in [1.165, 1.54) is 0 Å². The summed E-state index contributed by atoms with van der Waals surface area (Å²) in [7, 11) is 0. The van der Waals surface area contributed by atoms with Crippen LogP contribution in [0.5, 0.6) is 0 Å². The summed E-state index contributed by atoms with van der Waals surface area (Å²) in [5.41, 5.74) is 0.823. The maximum Gasteiger partial charge on any atom is 0.340 e. The van der Waals surface area contributed by atoms with Crippen LogP contribution in [0.1, 0.15) is 56.8 Å². The van der Waals surface area contributed by atoms with Gasteiger partial charge in [-0.15, -0.1) is 0 Å². The molecule has 1 aromatic carbocycles. The van der Waals surface area contributed by atoms with Crippen molar-refractivity contribution in [2.24, 2.45) is 11.8 Å². The first-order chi connectivity index (χ1) is 12.4. The second kappa shape index (κ2) is 9.36. The molecule has 2 N–H and O–H groups in total. The fraction of sp³-hybridized carbons (Fsp3) is 0.550. The number of nitrogens with one attached hydrogen (secondary N) is 2. The van der Waals surface area contributed by atoms with Crippen LogP contribution in [0.25, 0.3) is 0 Å². The maximum absolute atomic E-state index is 12.6. The van der Waals surface area contributed by atoms with Crippen LogP contribution in [0.15, 0.2) is 24.3 Å². The summed E-state index contributed by atoms with van der Waals surface area (Å²) in [4.78, 5) is 36.7. The van der Waals surface area contributed by atoms with Crippen molar-refractivity contribution in [3.63, 3.8) is 0 Å². The molecule has 0 aliphatic heterocycles. The Morgan fingerprint density at radius 3 is 2.19 bits per heavy atom. The zero-order chi connectivity index (χ0) is 19.1. The van der Waals surface area contributed by atoms with E-state index < -0.39 is 5.97 Å². The number of para-hydroxylation sites is 1. The van der Waals surface area contributed by atoms with Crippen LogP contribution in [-0.4, -0.2) is 30.4 Å². The standard InChI is InChI=1S/C20H28N2O4/c1-4-26-20(25)16-7-5-6-8-17(16)22-19(24)15-11-9-14(10-12-15)18(23)21-13(2)3/h5-8,13-15H,4,9-12H2,1-3H3,(H,21,23)(H,22,24). The number of rotatable bonds is 6. The van der Waals surface area contributed by atoms with E-state index in [4.69, 9.17) is 4.74 Å². The molecule has 0 unspecified atom stereocenters. The van der Waals surface area contributed by atoms with Gasteiger partial charge in [0.05, 0.1) is 17.9 Å². The molecule has 0 atom stereocenters. The summed E-state index contributed by atoms with van der Waals surface area (Å²) >= 11 is 0. The van der Waals surface area contributed by atoms with E-state index in [1.807, 2.05) is 13.8 Å². The molecule has 6 nitrogen and oxygen atoms in total. The third-order valence-corrected chi connectivity index (χ3v) is 4.58. The molecule has 26 heavy (non-hydrogen) atoms. The summed E-state index contributed by atoms with van der Waals surface area (Å²) in [5, 5.41) is 5.79. The highest BCUT2D eigenvalue weighted by atomic mass is 16.5. The van der Waals surface area contributed by atoms with Gasteiger partial charge in [0.15, 0.2) is 0 Å². The summed E-state index contributed by atoms with van der Waals surface area (Å²) in [6.45, 7) is 5.91. The number of amides is 2. The molecule has 1 saturated carbocycles. The zero-order valence-electron chi connectivity index (χ0n) is 15.7. The molecular weight excluding hydrogens is 332 g/mol. The van der Waals surface area contributed by atoms with Gasteiger partial charge < -0.3 is 15.4 Å². The third-order valence-electron chi connectivity index (χ3n) is 4.58. The lowest BCUT2D eigenvalue weighted by atomic mass is 9.81. The predicted octanol–water partition coefficient (Wildman–Crippen LogP) is 3.13. The molecule has 1 aliphatic carbocycles. The Morgan fingerprint density at radius 2 is 1.62 bits per heavy atom. The second-order valence-electron chi connectivity index (χ2n) is 6.97.